The van der Waals surface area contributed by atoms with Crippen LogP contribution < -0.4 is 10.5 Å². The summed E-state index contributed by atoms with van der Waals surface area (Å²) >= 11 is 6.07. The Bertz CT molecular complexity index is 1510. The number of amides is 1. The highest BCUT2D eigenvalue weighted by Crippen LogP contribution is 2.27. The molecule has 0 radical (unpaired) electrons. The minimum atomic E-state index is -1.08. The number of benzene rings is 1. The average molecular weight is 600 g/mol. The third kappa shape index (κ3) is 7.31. The number of hydrogen-bond donors (Lipinski definition) is 1. The molecule has 0 saturated carbocycles. The van der Waals surface area contributed by atoms with Gasteiger partial charge in [-0.1, -0.05) is 43.5 Å². The van der Waals surface area contributed by atoms with Gasteiger partial charge in [-0.2, -0.15) is 0 Å². The van der Waals surface area contributed by atoms with E-state index in [0.29, 0.717) is 28.9 Å². The number of aliphatic carboxylic acids is 1. The van der Waals surface area contributed by atoms with Gasteiger partial charge < -0.3 is 19.6 Å². The first-order valence-electron chi connectivity index (χ1n) is 14.3. The van der Waals surface area contributed by atoms with Crippen LogP contribution in [0.15, 0.2) is 41.3 Å². The number of anilines is 1. The van der Waals surface area contributed by atoms with E-state index < -0.39 is 23.7 Å². The molecule has 1 aliphatic heterocycles. The highest BCUT2D eigenvalue weighted by atomic mass is 35.5. The Labute approximate surface area is 249 Å². The third-order valence-electron chi connectivity index (χ3n) is 7.10. The second kappa shape index (κ2) is 13.0. The number of carboxylic acid groups (broad SMARTS) is 1. The number of aryl methyl sites for hydroxylation is 1. The van der Waals surface area contributed by atoms with Gasteiger partial charge in [-0.15, -0.1) is 0 Å². The zero-order valence-electron chi connectivity index (χ0n) is 24.5. The molecular weight excluding hydrogens is 562 g/mol. The Morgan fingerprint density at radius 3 is 2.45 bits per heavy atom. The molecule has 0 aliphatic carbocycles. The minimum Gasteiger partial charge on any atom is -0.481 e. The number of carboxylic acids is 1. The monoisotopic (exact) mass is 599 g/mol. The van der Waals surface area contributed by atoms with Gasteiger partial charge in [-0.3, -0.25) is 23.4 Å². The smallest absolute Gasteiger partial charge is 0.410 e. The molecule has 4 rings (SSSR count). The number of Topliss-reactive ketones (excluding diaryl/α,β-unsaturated/α-hetero) is 1. The van der Waals surface area contributed by atoms with Crippen molar-refractivity contribution in [1.29, 1.82) is 0 Å². The number of fused-ring (bicyclic) bond motifs is 1. The molecule has 0 unspecified atom stereocenters. The molecule has 0 bridgehead atoms. The van der Waals surface area contributed by atoms with Crippen LogP contribution in [0.5, 0.6) is 0 Å². The quantitative estimate of drug-likeness (QED) is 0.327. The van der Waals surface area contributed by atoms with Crippen molar-refractivity contribution in [3.8, 4) is 11.3 Å². The van der Waals surface area contributed by atoms with Crippen LogP contribution in [-0.2, 0) is 20.9 Å². The number of nitrogens with zero attached hydrogens (tertiary/aromatic N) is 5. The van der Waals surface area contributed by atoms with Gasteiger partial charge in [0.25, 0.3) is 5.56 Å². The van der Waals surface area contributed by atoms with Crippen LogP contribution in [-0.4, -0.2) is 73.1 Å². The van der Waals surface area contributed by atoms with Crippen molar-refractivity contribution in [1.82, 2.24) is 18.9 Å². The second-order valence-corrected chi connectivity index (χ2v) is 11.9. The molecule has 1 aliphatic rings. The van der Waals surface area contributed by atoms with Gasteiger partial charge in [-0.05, 0) is 39.3 Å². The zero-order valence-corrected chi connectivity index (χ0v) is 25.3. The highest BCUT2D eigenvalue weighted by Gasteiger charge is 2.37. The normalized spacial score (nSPS) is 15.7. The maximum atomic E-state index is 13.5. The summed E-state index contributed by atoms with van der Waals surface area (Å²) in [6.07, 6.45) is 3.37. The number of carbonyl (C=O) groups excluding carboxylic acids is 2. The molecule has 0 spiro atoms. The summed E-state index contributed by atoms with van der Waals surface area (Å²) in [5.41, 5.74) is 0.376. The van der Waals surface area contributed by atoms with E-state index in [-0.39, 0.29) is 43.8 Å². The third-order valence-corrected chi connectivity index (χ3v) is 7.36. The first-order valence-corrected chi connectivity index (χ1v) is 14.6. The lowest BCUT2D eigenvalue weighted by molar-refractivity contribution is -0.138. The Morgan fingerprint density at radius 1 is 1.10 bits per heavy atom. The maximum Gasteiger partial charge on any atom is 0.410 e. The molecule has 1 atom stereocenters. The van der Waals surface area contributed by atoms with Gasteiger partial charge in [-0.25, -0.2) is 9.78 Å². The van der Waals surface area contributed by atoms with Crippen LogP contribution in [0.3, 0.4) is 0 Å². The molecule has 1 saturated heterocycles. The molecule has 2 aromatic heterocycles. The molecule has 3 heterocycles. The number of halogens is 1. The molecule has 1 amide bonds. The van der Waals surface area contributed by atoms with Crippen molar-refractivity contribution < 1.29 is 24.2 Å². The fourth-order valence-corrected chi connectivity index (χ4v) is 5.16. The van der Waals surface area contributed by atoms with Crippen LogP contribution in [0, 0.1) is 0 Å². The molecule has 226 valence electrons. The largest absolute Gasteiger partial charge is 0.481 e. The Hall–Kier alpha value is -3.86. The summed E-state index contributed by atoms with van der Waals surface area (Å²) < 4.78 is 8.99. The van der Waals surface area contributed by atoms with Gasteiger partial charge in [0.05, 0.1) is 18.7 Å². The second-order valence-electron chi connectivity index (χ2n) is 11.5. The number of piperazine rings is 1. The van der Waals surface area contributed by atoms with Crippen LogP contribution in [0.25, 0.3) is 17.0 Å². The lowest BCUT2D eigenvalue weighted by Gasteiger charge is -2.42. The van der Waals surface area contributed by atoms with E-state index in [2.05, 4.69) is 6.92 Å². The highest BCUT2D eigenvalue weighted by molar-refractivity contribution is 6.30. The number of unbranched alkanes of at least 4 members (excludes halogenated alkanes) is 2. The predicted molar refractivity (Wildman–Crippen MR) is 160 cm³/mol. The van der Waals surface area contributed by atoms with Crippen molar-refractivity contribution in [2.45, 2.75) is 78.0 Å². The van der Waals surface area contributed by atoms with E-state index in [4.69, 9.17) is 21.3 Å². The van der Waals surface area contributed by atoms with Crippen LogP contribution >= 0.6 is 11.6 Å². The predicted octanol–water partition coefficient (Wildman–Crippen LogP) is 4.87. The summed E-state index contributed by atoms with van der Waals surface area (Å²) in [7, 11) is 0. The first-order chi connectivity index (χ1) is 19.9. The molecule has 1 aromatic carbocycles. The number of rotatable bonds is 10. The average Bonchev–Trinajstić information content (AvgIpc) is 3.38. The van der Waals surface area contributed by atoms with E-state index in [1.54, 1.807) is 39.1 Å². The van der Waals surface area contributed by atoms with Crippen molar-refractivity contribution in [3.63, 3.8) is 0 Å². The van der Waals surface area contributed by atoms with Crippen LogP contribution in [0.2, 0.25) is 5.02 Å². The Kier molecular flexibility index (Phi) is 9.60. The molecule has 11 nitrogen and oxygen atoms in total. The van der Waals surface area contributed by atoms with Gasteiger partial charge in [0.1, 0.15) is 17.5 Å². The summed E-state index contributed by atoms with van der Waals surface area (Å²) in [5.74, 6) is -0.470. The molecular formula is C30H38ClN5O6. The molecule has 1 N–H and O–H groups in total. The number of carbonyl (C=O) groups is 3. The first kappa shape index (κ1) is 31.1. The number of aromatic nitrogens is 3. The van der Waals surface area contributed by atoms with Gasteiger partial charge in [0, 0.05) is 48.9 Å². The van der Waals surface area contributed by atoms with E-state index in [9.17, 15) is 24.3 Å². The molecule has 12 heteroatoms. The molecule has 3 aromatic rings. The van der Waals surface area contributed by atoms with Gasteiger partial charge in [0.2, 0.25) is 5.78 Å². The van der Waals surface area contributed by atoms with Crippen molar-refractivity contribution >= 4 is 41.0 Å². The van der Waals surface area contributed by atoms with E-state index in [0.717, 1.165) is 24.8 Å². The topological polar surface area (TPSA) is 126 Å². The fourth-order valence-electron chi connectivity index (χ4n) is 5.04. The molecule has 42 heavy (non-hydrogen) atoms. The SMILES string of the molecule is CCCCCn1c(N2CCN(C(=O)OC(C)(C)C)C[C@@H]2C(=O)CCC(=O)O)cc(=O)n2cc(-c3ccc(Cl)cc3)nc12. The summed E-state index contributed by atoms with van der Waals surface area (Å²) in [4.78, 5) is 59.3. The van der Waals surface area contributed by atoms with E-state index >= 15 is 0 Å². The number of ether oxygens (including phenoxy) is 1. The van der Waals surface area contributed by atoms with Crippen LogP contribution in [0.1, 0.15) is 59.8 Å². The zero-order chi connectivity index (χ0) is 30.6. The summed E-state index contributed by atoms with van der Waals surface area (Å²) in [5, 5.41) is 9.82. The van der Waals surface area contributed by atoms with Gasteiger partial charge in [0.15, 0.2) is 5.78 Å². The van der Waals surface area contributed by atoms with Crippen molar-refractivity contribution in [2.24, 2.45) is 0 Å². The molecule has 1 fully saturated rings. The van der Waals surface area contributed by atoms with Crippen LogP contribution in [0.4, 0.5) is 10.6 Å². The Morgan fingerprint density at radius 2 is 1.81 bits per heavy atom. The number of hydrogen-bond acceptors (Lipinski definition) is 7. The lowest BCUT2D eigenvalue weighted by atomic mass is 10.0. The van der Waals surface area contributed by atoms with E-state index in [1.165, 1.54) is 15.4 Å². The lowest BCUT2D eigenvalue weighted by Crippen LogP contribution is -2.59. The van der Waals surface area contributed by atoms with Gasteiger partial charge >= 0.3 is 12.1 Å². The standard InChI is InChI=1S/C30H38ClN5O6/c1-5-6-7-14-35-25(17-26(38)36-18-22(32-28(35)36)20-8-10-21(31)11-9-20)34-16-15-33(29(41)42-30(2,3)4)19-23(34)24(37)12-13-27(39)40/h8-11,17-18,23H,5-7,12-16,19H2,1-4H3,(H,39,40)/t23-/m1/s1. The summed E-state index contributed by atoms with van der Waals surface area (Å²) in [6, 6.07) is 7.82. The van der Waals surface area contributed by atoms with E-state index in [1.807, 2.05) is 21.6 Å². The minimum absolute atomic E-state index is 0.00611. The fraction of sp³-hybridized carbons (Fsp3) is 0.500. The van der Waals surface area contributed by atoms with Crippen molar-refractivity contribution in [2.75, 3.05) is 24.5 Å². The maximum absolute atomic E-state index is 13.5. The Balaban J connectivity index is 1.79. The number of ketones is 1. The summed E-state index contributed by atoms with van der Waals surface area (Å²) in [6.45, 7) is 8.46. The van der Waals surface area contributed by atoms with Crippen molar-refractivity contribution in [3.05, 3.63) is 51.9 Å². The number of imidazole rings is 1.